The van der Waals surface area contributed by atoms with Gasteiger partial charge in [0.25, 0.3) is 0 Å². The van der Waals surface area contributed by atoms with Crippen LogP contribution in [0.4, 0.5) is 0 Å². The molecule has 0 radical (unpaired) electrons. The zero-order valence-electron chi connectivity index (χ0n) is 16.8. The molecule has 2 aromatic carbocycles. The fraction of sp³-hybridized carbons (Fsp3) is 0.273. The number of likely N-dealkylation sites (tertiary alicyclic amines) is 1. The van der Waals surface area contributed by atoms with E-state index in [4.69, 9.17) is 16.3 Å². The van der Waals surface area contributed by atoms with Gasteiger partial charge in [-0.05, 0) is 30.5 Å². The number of sulfone groups is 1. The number of benzene rings is 2. The molecule has 8 heteroatoms. The highest BCUT2D eigenvalue weighted by molar-refractivity contribution is 7.91. The number of allylic oxidation sites excluding steroid dienone is 1. The van der Waals surface area contributed by atoms with Gasteiger partial charge in [0.1, 0.15) is 11.1 Å². The van der Waals surface area contributed by atoms with E-state index >= 15 is 0 Å². The van der Waals surface area contributed by atoms with Crippen molar-refractivity contribution in [1.82, 2.24) is 4.90 Å². The molecular weight excluding hydrogens is 426 g/mol. The molecule has 0 spiro atoms. The van der Waals surface area contributed by atoms with Crippen LogP contribution in [-0.4, -0.2) is 42.2 Å². The summed E-state index contributed by atoms with van der Waals surface area (Å²) in [5, 5.41) is -2.54. The highest BCUT2D eigenvalue weighted by Gasteiger charge is 2.55. The minimum Gasteiger partial charge on any atom is -0.448 e. The Bertz CT molecular complexity index is 1040. The monoisotopic (exact) mass is 447 g/mol. The molecule has 0 unspecified atom stereocenters. The first-order valence-electron chi connectivity index (χ1n) is 9.27. The van der Waals surface area contributed by atoms with Gasteiger partial charge in [-0.3, -0.25) is 9.69 Å². The Morgan fingerprint density at radius 3 is 1.87 bits per heavy atom. The van der Waals surface area contributed by atoms with Crippen LogP contribution in [0.5, 0.6) is 0 Å². The van der Waals surface area contributed by atoms with Gasteiger partial charge >= 0.3 is 5.97 Å². The van der Waals surface area contributed by atoms with Crippen LogP contribution in [-0.2, 0) is 24.2 Å². The van der Waals surface area contributed by atoms with Crippen LogP contribution in [0, 0.1) is 0 Å². The van der Waals surface area contributed by atoms with Gasteiger partial charge in [-0.25, -0.2) is 13.2 Å². The highest BCUT2D eigenvalue weighted by Crippen LogP contribution is 2.36. The second-order valence-corrected chi connectivity index (χ2v) is 9.90. The number of hydrogen-bond donors (Lipinski definition) is 0. The Hall–Kier alpha value is -2.64. The maximum absolute atomic E-state index is 13.2. The van der Waals surface area contributed by atoms with E-state index in [1.54, 1.807) is 13.8 Å². The van der Waals surface area contributed by atoms with E-state index < -0.39 is 38.6 Å². The van der Waals surface area contributed by atoms with E-state index in [0.29, 0.717) is 5.57 Å². The van der Waals surface area contributed by atoms with Gasteiger partial charge in [0.15, 0.2) is 21.3 Å². The van der Waals surface area contributed by atoms with E-state index in [0.717, 1.165) is 22.3 Å². The minimum absolute atomic E-state index is 0.107. The number of nitrogens with zero attached hydrogens (tertiary/aromatic N) is 1. The number of carbonyl (C=O) groups is 2. The predicted molar refractivity (Wildman–Crippen MR) is 114 cm³/mol. The summed E-state index contributed by atoms with van der Waals surface area (Å²) in [7, 11) is -3.71. The third-order valence-electron chi connectivity index (χ3n) is 4.75. The maximum Gasteiger partial charge on any atom is 0.355 e. The first-order chi connectivity index (χ1) is 14.1. The molecule has 0 bridgehead atoms. The number of carbonyl (C=O) groups excluding carboxylic acids is 2. The molecule has 1 fully saturated rings. The lowest BCUT2D eigenvalue weighted by atomic mass is 10.0. The second kappa shape index (κ2) is 8.62. The van der Waals surface area contributed by atoms with Crippen LogP contribution in [0.3, 0.4) is 0 Å². The molecule has 2 atom stereocenters. The van der Waals surface area contributed by atoms with Gasteiger partial charge in [0.05, 0.1) is 0 Å². The molecule has 30 heavy (non-hydrogen) atoms. The number of amides is 1. The number of alkyl halides is 1. The van der Waals surface area contributed by atoms with Crippen LogP contribution < -0.4 is 0 Å². The summed E-state index contributed by atoms with van der Waals surface area (Å²) in [5.41, 5.74) is 1.83. The van der Waals surface area contributed by atoms with Crippen molar-refractivity contribution in [3.8, 4) is 0 Å². The maximum atomic E-state index is 13.2. The Morgan fingerprint density at radius 2 is 1.47 bits per heavy atom. The van der Waals surface area contributed by atoms with Crippen molar-refractivity contribution >= 4 is 33.3 Å². The standard InChI is InChI=1S/C22H22ClNO5S/c1-14(2)18(24-20(25)17(23)21(24)30(3,27)28)22(26)29-19(15-10-6-4-7-11-15)16-12-8-5-9-13-16/h4-13,17,19,21H,1-3H3/t17-,21+/m0/s1. The average molecular weight is 448 g/mol. The zero-order chi connectivity index (χ0) is 22.1. The van der Waals surface area contributed by atoms with E-state index in [-0.39, 0.29) is 5.70 Å². The van der Waals surface area contributed by atoms with Gasteiger partial charge < -0.3 is 4.74 Å². The lowest BCUT2D eigenvalue weighted by Crippen LogP contribution is -2.65. The van der Waals surface area contributed by atoms with Crippen molar-refractivity contribution in [1.29, 1.82) is 0 Å². The van der Waals surface area contributed by atoms with Crippen molar-refractivity contribution in [2.75, 3.05) is 6.26 Å². The van der Waals surface area contributed by atoms with Crippen LogP contribution in [0.25, 0.3) is 0 Å². The van der Waals surface area contributed by atoms with E-state index in [2.05, 4.69) is 0 Å². The molecule has 2 aromatic rings. The van der Waals surface area contributed by atoms with E-state index in [9.17, 15) is 18.0 Å². The predicted octanol–water partition coefficient (Wildman–Crippen LogP) is 3.43. The molecule has 0 aromatic heterocycles. The fourth-order valence-electron chi connectivity index (χ4n) is 3.37. The summed E-state index contributed by atoms with van der Waals surface area (Å²) in [6.07, 6.45) is 0.256. The first kappa shape index (κ1) is 22.1. The summed E-state index contributed by atoms with van der Waals surface area (Å²) in [5.74, 6) is -1.44. The Balaban J connectivity index is 1.98. The first-order valence-corrected chi connectivity index (χ1v) is 11.7. The molecule has 1 aliphatic heterocycles. The van der Waals surface area contributed by atoms with Crippen molar-refractivity contribution in [2.45, 2.75) is 30.7 Å². The third-order valence-corrected chi connectivity index (χ3v) is 6.69. The van der Waals surface area contributed by atoms with Crippen molar-refractivity contribution in [2.24, 2.45) is 0 Å². The van der Waals surface area contributed by atoms with Crippen molar-refractivity contribution in [3.05, 3.63) is 83.1 Å². The molecule has 0 saturated carbocycles. The van der Waals surface area contributed by atoms with Gasteiger partial charge in [-0.1, -0.05) is 60.7 Å². The Kier molecular flexibility index (Phi) is 6.33. The van der Waals surface area contributed by atoms with Crippen molar-refractivity contribution in [3.63, 3.8) is 0 Å². The van der Waals surface area contributed by atoms with E-state index in [1.807, 2.05) is 60.7 Å². The SMILES string of the molecule is CC(C)=C(C(=O)OC(c1ccccc1)c1ccccc1)N1C(=O)[C@H](Cl)[C@H]1S(C)(=O)=O. The molecule has 0 N–H and O–H groups in total. The number of β-lactam (4-membered cyclic amide) rings is 1. The molecule has 0 aliphatic carbocycles. The topological polar surface area (TPSA) is 80.8 Å². The lowest BCUT2D eigenvalue weighted by Gasteiger charge is -2.43. The van der Waals surface area contributed by atoms with E-state index in [1.165, 1.54) is 0 Å². The molecule has 6 nitrogen and oxygen atoms in total. The second-order valence-electron chi connectivity index (χ2n) is 7.29. The molecule has 1 amide bonds. The summed E-state index contributed by atoms with van der Waals surface area (Å²) in [6, 6.07) is 18.3. The van der Waals surface area contributed by atoms with Crippen LogP contribution in [0.15, 0.2) is 71.9 Å². The third kappa shape index (κ3) is 4.27. The molecule has 3 rings (SSSR count). The zero-order valence-corrected chi connectivity index (χ0v) is 18.4. The smallest absolute Gasteiger partial charge is 0.355 e. The number of ether oxygens (including phenoxy) is 1. The summed E-state index contributed by atoms with van der Waals surface area (Å²) < 4.78 is 30.1. The van der Waals surface area contributed by atoms with Crippen LogP contribution in [0.1, 0.15) is 31.1 Å². The van der Waals surface area contributed by atoms with Gasteiger partial charge in [0, 0.05) is 6.26 Å². The summed E-state index contributed by atoms with van der Waals surface area (Å²) in [6.45, 7) is 3.23. The number of esters is 1. The molecule has 1 heterocycles. The Morgan fingerprint density at radius 1 is 1.00 bits per heavy atom. The largest absolute Gasteiger partial charge is 0.448 e. The summed E-state index contributed by atoms with van der Waals surface area (Å²) >= 11 is 5.95. The van der Waals surface area contributed by atoms with Crippen LogP contribution >= 0.6 is 11.6 Å². The van der Waals surface area contributed by atoms with Gasteiger partial charge in [-0.2, -0.15) is 0 Å². The lowest BCUT2D eigenvalue weighted by molar-refractivity contribution is -0.151. The number of halogens is 1. The van der Waals surface area contributed by atoms with Crippen molar-refractivity contribution < 1.29 is 22.7 Å². The quantitative estimate of drug-likeness (QED) is 0.293. The molecular formula is C22H22ClNO5S. The van der Waals surface area contributed by atoms with Gasteiger partial charge in [0.2, 0.25) is 5.91 Å². The number of rotatable bonds is 6. The molecule has 158 valence electrons. The molecule has 1 aliphatic rings. The highest BCUT2D eigenvalue weighted by atomic mass is 35.5. The normalized spacial score (nSPS) is 18.7. The van der Waals surface area contributed by atoms with Crippen LogP contribution in [0.2, 0.25) is 0 Å². The number of hydrogen-bond acceptors (Lipinski definition) is 5. The average Bonchev–Trinajstić information content (AvgIpc) is 2.71. The summed E-state index contributed by atoms with van der Waals surface area (Å²) in [4.78, 5) is 26.5. The minimum atomic E-state index is -3.71. The Labute approximate surface area is 181 Å². The van der Waals surface area contributed by atoms with Gasteiger partial charge in [-0.15, -0.1) is 11.6 Å². The molecule has 1 saturated heterocycles. The fourth-order valence-corrected chi connectivity index (χ4v) is 5.29.